The Morgan fingerprint density at radius 3 is 2.50 bits per heavy atom. The minimum absolute atomic E-state index is 0.127. The van der Waals surface area contributed by atoms with Gasteiger partial charge in [-0.25, -0.2) is 0 Å². The number of nitrogens with one attached hydrogen (secondary N) is 1. The Morgan fingerprint density at radius 1 is 1.50 bits per heavy atom. The Balaban J connectivity index is 2.06. The van der Waals surface area contributed by atoms with E-state index in [1.165, 1.54) is 12.8 Å². The first kappa shape index (κ1) is 9.56. The van der Waals surface area contributed by atoms with E-state index in [1.54, 1.807) is 0 Å². The van der Waals surface area contributed by atoms with Crippen molar-refractivity contribution in [3.63, 3.8) is 0 Å². The van der Waals surface area contributed by atoms with E-state index in [0.29, 0.717) is 0 Å². The van der Waals surface area contributed by atoms with E-state index in [4.69, 9.17) is 0 Å². The van der Waals surface area contributed by atoms with Gasteiger partial charge in [-0.2, -0.15) is 0 Å². The smallest absolute Gasteiger partial charge is 0.222 e. The van der Waals surface area contributed by atoms with Crippen LogP contribution in [0.4, 0.5) is 0 Å². The predicted octanol–water partition coefficient (Wildman–Crippen LogP) is 1.80. The summed E-state index contributed by atoms with van der Waals surface area (Å²) in [6.45, 7) is 7.01. The second-order valence-electron chi connectivity index (χ2n) is 4.34. The standard InChI is InChI=1S/C10H19NO/c1-7(2)10(12)11-6-9-4-8(3)5-9/h7-9H,4-6H2,1-3H3,(H,11,12). The fourth-order valence-electron chi connectivity index (χ4n) is 1.68. The second-order valence-corrected chi connectivity index (χ2v) is 4.34. The number of amides is 1. The Morgan fingerprint density at radius 2 is 2.08 bits per heavy atom. The minimum atomic E-state index is 0.127. The van der Waals surface area contributed by atoms with Crippen LogP contribution in [0.1, 0.15) is 33.6 Å². The Labute approximate surface area is 74.7 Å². The molecule has 0 unspecified atom stereocenters. The highest BCUT2D eigenvalue weighted by atomic mass is 16.1. The van der Waals surface area contributed by atoms with Gasteiger partial charge in [0.1, 0.15) is 0 Å². The van der Waals surface area contributed by atoms with Crippen LogP contribution in [0.15, 0.2) is 0 Å². The van der Waals surface area contributed by atoms with Crippen LogP contribution in [-0.2, 0) is 4.79 Å². The molecule has 0 aromatic heterocycles. The average molecular weight is 169 g/mol. The topological polar surface area (TPSA) is 29.1 Å². The van der Waals surface area contributed by atoms with Gasteiger partial charge in [-0.05, 0) is 24.7 Å². The van der Waals surface area contributed by atoms with Crippen molar-refractivity contribution < 1.29 is 4.79 Å². The number of hydrogen-bond donors (Lipinski definition) is 1. The van der Waals surface area contributed by atoms with Crippen molar-refractivity contribution in [2.24, 2.45) is 17.8 Å². The highest BCUT2D eigenvalue weighted by Gasteiger charge is 2.25. The van der Waals surface area contributed by atoms with Crippen LogP contribution < -0.4 is 5.32 Å². The summed E-state index contributed by atoms with van der Waals surface area (Å²) in [6.07, 6.45) is 2.58. The first-order valence-electron chi connectivity index (χ1n) is 4.87. The first-order valence-corrected chi connectivity index (χ1v) is 4.87. The summed E-state index contributed by atoms with van der Waals surface area (Å²) in [5.41, 5.74) is 0. The lowest BCUT2D eigenvalue weighted by molar-refractivity contribution is -0.124. The molecule has 1 aliphatic carbocycles. The minimum Gasteiger partial charge on any atom is -0.356 e. The summed E-state index contributed by atoms with van der Waals surface area (Å²) in [4.78, 5) is 11.2. The molecule has 1 rings (SSSR count). The van der Waals surface area contributed by atoms with Crippen molar-refractivity contribution in [2.45, 2.75) is 33.6 Å². The molecule has 70 valence electrons. The largest absolute Gasteiger partial charge is 0.356 e. The molecule has 0 bridgehead atoms. The van der Waals surface area contributed by atoms with E-state index < -0.39 is 0 Å². The van der Waals surface area contributed by atoms with Crippen molar-refractivity contribution in [2.75, 3.05) is 6.54 Å². The number of carbonyl (C=O) groups is 1. The third kappa shape index (κ3) is 2.50. The number of hydrogen-bond acceptors (Lipinski definition) is 1. The fraction of sp³-hybridized carbons (Fsp3) is 0.900. The SMILES string of the molecule is CC1CC(CNC(=O)C(C)C)C1. The van der Waals surface area contributed by atoms with Crippen LogP contribution in [0.3, 0.4) is 0 Å². The molecule has 1 N–H and O–H groups in total. The van der Waals surface area contributed by atoms with Gasteiger partial charge in [0.2, 0.25) is 5.91 Å². The molecule has 0 aromatic rings. The zero-order chi connectivity index (χ0) is 9.14. The van der Waals surface area contributed by atoms with Gasteiger partial charge >= 0.3 is 0 Å². The lowest BCUT2D eigenvalue weighted by atomic mass is 9.76. The summed E-state index contributed by atoms with van der Waals surface area (Å²) >= 11 is 0. The average Bonchev–Trinajstić information content (AvgIpc) is 1.95. The van der Waals surface area contributed by atoms with Crippen molar-refractivity contribution in [3.8, 4) is 0 Å². The summed E-state index contributed by atoms with van der Waals surface area (Å²) in [5, 5.41) is 2.97. The third-order valence-electron chi connectivity index (χ3n) is 2.56. The van der Waals surface area contributed by atoms with Crippen molar-refractivity contribution in [3.05, 3.63) is 0 Å². The van der Waals surface area contributed by atoms with Gasteiger partial charge in [0, 0.05) is 12.5 Å². The maximum atomic E-state index is 11.2. The van der Waals surface area contributed by atoms with Gasteiger partial charge in [-0.1, -0.05) is 20.8 Å². The molecule has 0 atom stereocenters. The molecule has 12 heavy (non-hydrogen) atoms. The summed E-state index contributed by atoms with van der Waals surface area (Å²) < 4.78 is 0. The summed E-state index contributed by atoms with van der Waals surface area (Å²) in [5.74, 6) is 1.95. The predicted molar refractivity (Wildman–Crippen MR) is 49.7 cm³/mol. The Kier molecular flexibility index (Phi) is 3.12. The van der Waals surface area contributed by atoms with Gasteiger partial charge in [0.25, 0.3) is 0 Å². The maximum Gasteiger partial charge on any atom is 0.222 e. The highest BCUT2D eigenvalue weighted by molar-refractivity contribution is 5.77. The van der Waals surface area contributed by atoms with Gasteiger partial charge < -0.3 is 5.32 Å². The third-order valence-corrected chi connectivity index (χ3v) is 2.56. The molecule has 2 nitrogen and oxygen atoms in total. The molecule has 0 heterocycles. The Bertz CT molecular complexity index is 159. The monoisotopic (exact) mass is 169 g/mol. The normalized spacial score (nSPS) is 28.3. The summed E-state index contributed by atoms with van der Waals surface area (Å²) in [6, 6.07) is 0. The molecule has 1 aliphatic rings. The molecular formula is C10H19NO. The van der Waals surface area contributed by atoms with Crippen LogP contribution in [-0.4, -0.2) is 12.5 Å². The quantitative estimate of drug-likeness (QED) is 0.686. The van der Waals surface area contributed by atoms with E-state index in [-0.39, 0.29) is 11.8 Å². The molecular weight excluding hydrogens is 150 g/mol. The first-order chi connectivity index (χ1) is 5.59. The lowest BCUT2D eigenvalue weighted by Crippen LogP contribution is -2.37. The van der Waals surface area contributed by atoms with Crippen LogP contribution in [0.2, 0.25) is 0 Å². The van der Waals surface area contributed by atoms with Crippen molar-refractivity contribution in [1.82, 2.24) is 5.32 Å². The molecule has 0 saturated heterocycles. The van der Waals surface area contributed by atoms with E-state index in [2.05, 4.69) is 12.2 Å². The molecule has 0 aliphatic heterocycles. The fourth-order valence-corrected chi connectivity index (χ4v) is 1.68. The van der Waals surface area contributed by atoms with Gasteiger partial charge in [-0.15, -0.1) is 0 Å². The molecule has 0 spiro atoms. The molecule has 1 amide bonds. The molecule has 2 heteroatoms. The maximum absolute atomic E-state index is 11.2. The van der Waals surface area contributed by atoms with E-state index in [9.17, 15) is 4.79 Å². The van der Waals surface area contributed by atoms with Gasteiger partial charge in [0.15, 0.2) is 0 Å². The van der Waals surface area contributed by atoms with E-state index >= 15 is 0 Å². The van der Waals surface area contributed by atoms with Crippen LogP contribution in [0.5, 0.6) is 0 Å². The number of rotatable bonds is 3. The highest BCUT2D eigenvalue weighted by Crippen LogP contribution is 2.32. The van der Waals surface area contributed by atoms with E-state index in [1.807, 2.05) is 13.8 Å². The molecule has 0 radical (unpaired) electrons. The summed E-state index contributed by atoms with van der Waals surface area (Å²) in [7, 11) is 0. The zero-order valence-corrected chi connectivity index (χ0v) is 8.26. The molecule has 0 aromatic carbocycles. The van der Waals surface area contributed by atoms with E-state index in [0.717, 1.165) is 18.4 Å². The van der Waals surface area contributed by atoms with Crippen molar-refractivity contribution in [1.29, 1.82) is 0 Å². The van der Waals surface area contributed by atoms with Gasteiger partial charge in [0.05, 0.1) is 0 Å². The number of carbonyl (C=O) groups excluding carboxylic acids is 1. The van der Waals surface area contributed by atoms with Crippen molar-refractivity contribution >= 4 is 5.91 Å². The van der Waals surface area contributed by atoms with Crippen LogP contribution in [0, 0.1) is 17.8 Å². The van der Waals surface area contributed by atoms with Gasteiger partial charge in [-0.3, -0.25) is 4.79 Å². The zero-order valence-electron chi connectivity index (χ0n) is 8.26. The second kappa shape index (κ2) is 3.92. The molecule has 1 saturated carbocycles. The van der Waals surface area contributed by atoms with Crippen LogP contribution >= 0.6 is 0 Å². The molecule has 1 fully saturated rings. The van der Waals surface area contributed by atoms with Crippen LogP contribution in [0.25, 0.3) is 0 Å². The Hall–Kier alpha value is -0.530. The lowest BCUT2D eigenvalue weighted by Gasteiger charge is -2.32.